The van der Waals surface area contributed by atoms with Crippen molar-refractivity contribution in [1.29, 1.82) is 0 Å². The van der Waals surface area contributed by atoms with Crippen molar-refractivity contribution in [2.45, 2.75) is 0 Å². The maximum Gasteiger partial charge on any atom is 0.231 e. The number of aromatic nitrogens is 3. The van der Waals surface area contributed by atoms with E-state index < -0.39 is 0 Å². The number of fused-ring (bicyclic) bond motifs is 1. The average Bonchev–Trinajstić information content (AvgIpc) is 3.49. The van der Waals surface area contributed by atoms with Crippen molar-refractivity contribution in [1.82, 2.24) is 15.0 Å². The number of halogens is 1. The molecule has 3 aromatic heterocycles. The van der Waals surface area contributed by atoms with Crippen molar-refractivity contribution in [3.63, 3.8) is 0 Å². The third kappa shape index (κ3) is 4.84. The molecule has 5 nitrogen and oxygen atoms in total. The van der Waals surface area contributed by atoms with Crippen LogP contribution in [0.25, 0.3) is 67.1 Å². The summed E-state index contributed by atoms with van der Waals surface area (Å²) in [4.78, 5) is 13.2. The van der Waals surface area contributed by atoms with Gasteiger partial charge in [0.2, 0.25) is 5.89 Å². The molecule has 0 bridgehead atoms. The van der Waals surface area contributed by atoms with Gasteiger partial charge in [-0.1, -0.05) is 72.8 Å². The van der Waals surface area contributed by atoms with E-state index in [1.54, 1.807) is 12.4 Å². The van der Waals surface area contributed by atoms with E-state index in [4.69, 9.17) is 25.6 Å². The van der Waals surface area contributed by atoms with Crippen LogP contribution in [0.1, 0.15) is 0 Å². The molecule has 0 radical (unpaired) electrons. The lowest BCUT2D eigenvalue weighted by molar-refractivity contribution is 0.597. The molecule has 7 aromatic rings. The predicted molar refractivity (Wildman–Crippen MR) is 163 cm³/mol. The van der Waals surface area contributed by atoms with Crippen LogP contribution in [0.15, 0.2) is 138 Å². The third-order valence-corrected chi connectivity index (χ3v) is 7.25. The average molecular weight is 552 g/mol. The maximum absolute atomic E-state index is 6.17. The highest BCUT2D eigenvalue weighted by Crippen LogP contribution is 2.44. The molecule has 0 unspecified atom stereocenters. The van der Waals surface area contributed by atoms with Crippen LogP contribution in [-0.2, 0) is 0 Å². The van der Waals surface area contributed by atoms with E-state index in [0.29, 0.717) is 22.8 Å². The number of oxazole rings is 1. The summed E-state index contributed by atoms with van der Waals surface area (Å²) in [5, 5.41) is 0. The highest BCUT2D eigenvalue weighted by atomic mass is 35.5. The summed E-state index contributed by atoms with van der Waals surface area (Å²) in [6, 6.07) is 36.4. The van der Waals surface area contributed by atoms with Gasteiger partial charge in [-0.15, -0.1) is 0 Å². The van der Waals surface area contributed by atoms with Crippen LogP contribution in [0.2, 0.25) is 0 Å². The summed E-state index contributed by atoms with van der Waals surface area (Å²) in [5.74, 6) is 0.909. The third-order valence-electron chi connectivity index (χ3n) is 7.09. The molecular formula is C35H22ClN3O2. The van der Waals surface area contributed by atoms with Gasteiger partial charge in [0.15, 0.2) is 11.3 Å². The Bertz CT molecular complexity index is 1920. The minimum absolute atomic E-state index is 0.434. The molecule has 0 aliphatic heterocycles. The lowest BCUT2D eigenvalue weighted by atomic mass is 9.93. The first-order chi connectivity index (χ1) is 20.3. The number of rotatable bonds is 6. The van der Waals surface area contributed by atoms with Crippen LogP contribution in [0.3, 0.4) is 0 Å². The molecule has 0 fully saturated rings. The number of benzene rings is 4. The fourth-order valence-corrected chi connectivity index (χ4v) is 5.17. The van der Waals surface area contributed by atoms with Gasteiger partial charge in [-0.05, 0) is 75.3 Å². The highest BCUT2D eigenvalue weighted by molar-refractivity contribution is 6.10. The minimum atomic E-state index is 0.434. The van der Waals surface area contributed by atoms with Crippen molar-refractivity contribution in [2.24, 2.45) is 0 Å². The zero-order valence-electron chi connectivity index (χ0n) is 21.7. The van der Waals surface area contributed by atoms with E-state index >= 15 is 0 Å². The molecule has 0 amide bonds. The molecule has 0 saturated carbocycles. The standard InChI is InChI=1S/C35H22ClN3O2/c36-41-34-30(26-15-13-24(14-16-26)28-6-4-18-38-22-28)19-29(20-31(34)35-39-32-7-1-2-8-33(32)40-35)25-11-9-23(10-12-25)27-5-3-17-37-21-27/h1-22H. The van der Waals surface area contributed by atoms with E-state index in [2.05, 4.69) is 64.6 Å². The number of hydrogen-bond acceptors (Lipinski definition) is 5. The molecule has 196 valence electrons. The fraction of sp³-hybridized carbons (Fsp3) is 0. The fourth-order valence-electron chi connectivity index (χ4n) is 5.00. The molecule has 3 heterocycles. The van der Waals surface area contributed by atoms with Crippen LogP contribution >= 0.6 is 11.9 Å². The number of para-hydroxylation sites is 2. The summed E-state index contributed by atoms with van der Waals surface area (Å²) in [7, 11) is 0. The Balaban J connectivity index is 1.38. The second-order valence-electron chi connectivity index (χ2n) is 9.60. The SMILES string of the molecule is ClOc1c(-c2ccc(-c3cccnc3)cc2)cc(-c2ccc(-c3cccnc3)cc2)cc1-c1nc2ccccc2o1. The Morgan fingerprint density at radius 3 is 1.66 bits per heavy atom. The zero-order chi connectivity index (χ0) is 27.6. The van der Waals surface area contributed by atoms with Crippen LogP contribution in [0, 0.1) is 0 Å². The Labute approximate surface area is 241 Å². The van der Waals surface area contributed by atoms with Gasteiger partial charge < -0.3 is 8.71 Å². The highest BCUT2D eigenvalue weighted by Gasteiger charge is 2.21. The molecule has 0 atom stereocenters. The normalized spacial score (nSPS) is 11.0. The first-order valence-electron chi connectivity index (χ1n) is 13.1. The lowest BCUT2D eigenvalue weighted by Crippen LogP contribution is -1.92. The molecule has 6 heteroatoms. The summed E-state index contributed by atoms with van der Waals surface area (Å²) < 4.78 is 11.7. The van der Waals surface area contributed by atoms with Crippen molar-refractivity contribution in [2.75, 3.05) is 0 Å². The van der Waals surface area contributed by atoms with E-state index in [1.165, 1.54) is 0 Å². The van der Waals surface area contributed by atoms with Gasteiger partial charge in [0.1, 0.15) is 17.4 Å². The first-order valence-corrected chi connectivity index (χ1v) is 13.4. The summed E-state index contributed by atoms with van der Waals surface area (Å²) in [6.45, 7) is 0. The molecule has 7 rings (SSSR count). The van der Waals surface area contributed by atoms with Crippen LogP contribution in [0.4, 0.5) is 0 Å². The summed E-state index contributed by atoms with van der Waals surface area (Å²) >= 11 is 6.17. The molecule has 0 saturated heterocycles. The molecular weight excluding hydrogens is 530 g/mol. The smallest absolute Gasteiger partial charge is 0.231 e. The van der Waals surface area contributed by atoms with Gasteiger partial charge >= 0.3 is 0 Å². The van der Waals surface area contributed by atoms with Crippen LogP contribution in [0.5, 0.6) is 5.75 Å². The van der Waals surface area contributed by atoms with Gasteiger partial charge in [0.25, 0.3) is 0 Å². The molecule has 0 N–H and O–H groups in total. The number of hydrogen-bond donors (Lipinski definition) is 0. The van der Waals surface area contributed by atoms with E-state index in [1.807, 2.05) is 67.0 Å². The van der Waals surface area contributed by atoms with Crippen molar-refractivity contribution in [3.05, 3.63) is 134 Å². The minimum Gasteiger partial charge on any atom is -0.436 e. The Hall–Kier alpha value is -5.26. The Kier molecular flexibility index (Phi) is 6.47. The molecule has 0 aliphatic rings. The van der Waals surface area contributed by atoms with E-state index in [-0.39, 0.29) is 0 Å². The molecule has 0 aliphatic carbocycles. The summed E-state index contributed by atoms with van der Waals surface area (Å²) in [6.07, 6.45) is 7.25. The van der Waals surface area contributed by atoms with E-state index in [9.17, 15) is 0 Å². The van der Waals surface area contributed by atoms with Gasteiger partial charge in [0, 0.05) is 30.4 Å². The zero-order valence-corrected chi connectivity index (χ0v) is 22.5. The van der Waals surface area contributed by atoms with Gasteiger partial charge in [-0.3, -0.25) is 9.97 Å². The predicted octanol–water partition coefficient (Wildman–Crippen LogP) is 9.49. The Morgan fingerprint density at radius 2 is 1.10 bits per heavy atom. The lowest BCUT2D eigenvalue weighted by Gasteiger charge is -2.14. The number of pyridine rings is 2. The maximum atomic E-state index is 6.17. The van der Waals surface area contributed by atoms with Gasteiger partial charge in [0.05, 0.1) is 5.56 Å². The molecule has 41 heavy (non-hydrogen) atoms. The van der Waals surface area contributed by atoms with Crippen molar-refractivity contribution < 1.29 is 8.71 Å². The van der Waals surface area contributed by atoms with Crippen LogP contribution in [-0.4, -0.2) is 15.0 Å². The van der Waals surface area contributed by atoms with Crippen molar-refractivity contribution >= 4 is 23.0 Å². The second-order valence-corrected chi connectivity index (χ2v) is 9.76. The largest absolute Gasteiger partial charge is 0.436 e. The number of nitrogens with zero attached hydrogens (tertiary/aromatic N) is 3. The molecule has 0 spiro atoms. The van der Waals surface area contributed by atoms with Crippen molar-refractivity contribution in [3.8, 4) is 61.7 Å². The van der Waals surface area contributed by atoms with Gasteiger partial charge in [-0.2, -0.15) is 0 Å². The molecule has 4 aromatic carbocycles. The quantitative estimate of drug-likeness (QED) is 0.206. The summed E-state index contributed by atoms with van der Waals surface area (Å²) in [5.41, 5.74) is 10.2. The van der Waals surface area contributed by atoms with Crippen LogP contribution < -0.4 is 4.29 Å². The van der Waals surface area contributed by atoms with E-state index in [0.717, 1.165) is 50.0 Å². The Morgan fingerprint density at radius 1 is 0.537 bits per heavy atom. The van der Waals surface area contributed by atoms with Gasteiger partial charge in [-0.25, -0.2) is 4.98 Å². The topological polar surface area (TPSA) is 61.0 Å². The monoisotopic (exact) mass is 551 g/mol. The first kappa shape index (κ1) is 24.8. The second kappa shape index (κ2) is 10.7.